The van der Waals surface area contributed by atoms with Crippen LogP contribution in [0.2, 0.25) is 0 Å². The van der Waals surface area contributed by atoms with Crippen molar-refractivity contribution in [2.75, 3.05) is 13.7 Å². The normalized spacial score (nSPS) is 12.9. The number of methoxy groups -OCH3 is 1. The van der Waals surface area contributed by atoms with E-state index in [1.807, 2.05) is 25.1 Å². The number of benzene rings is 1. The van der Waals surface area contributed by atoms with Gasteiger partial charge in [-0.1, -0.05) is 22.0 Å². The summed E-state index contributed by atoms with van der Waals surface area (Å²) in [5, 5.41) is 0. The number of hydrogen-bond donors (Lipinski definition) is 1. The van der Waals surface area contributed by atoms with Crippen LogP contribution in [-0.2, 0) is 9.53 Å². The van der Waals surface area contributed by atoms with Gasteiger partial charge in [0.2, 0.25) is 0 Å². The molecule has 5 heteroatoms. The smallest absolute Gasteiger partial charge is 0.314 e. The minimum absolute atomic E-state index is 0.135. The van der Waals surface area contributed by atoms with Crippen LogP contribution in [0.1, 0.15) is 32.4 Å². The quantitative estimate of drug-likeness (QED) is 0.843. The molecule has 1 rings (SSSR count). The summed E-state index contributed by atoms with van der Waals surface area (Å²) in [6, 6.07) is 5.54. The van der Waals surface area contributed by atoms with Crippen LogP contribution in [-0.4, -0.2) is 19.7 Å². The zero-order valence-corrected chi connectivity index (χ0v) is 13.3. The van der Waals surface area contributed by atoms with Gasteiger partial charge >= 0.3 is 5.97 Å². The van der Waals surface area contributed by atoms with Crippen molar-refractivity contribution in [2.45, 2.75) is 26.8 Å². The lowest BCUT2D eigenvalue weighted by molar-refractivity contribution is -0.152. The predicted octanol–water partition coefficient (Wildman–Crippen LogP) is 3.05. The molecule has 0 bridgehead atoms. The minimum Gasteiger partial charge on any atom is -0.492 e. The molecule has 1 atom stereocenters. The zero-order valence-electron chi connectivity index (χ0n) is 11.7. The van der Waals surface area contributed by atoms with Crippen molar-refractivity contribution in [1.29, 1.82) is 0 Å². The third-order valence-corrected chi connectivity index (χ3v) is 3.29. The number of carbonyl (C=O) groups is 1. The highest BCUT2D eigenvalue weighted by Crippen LogP contribution is 2.29. The second-order valence-electron chi connectivity index (χ2n) is 5.13. The molecule has 0 saturated heterocycles. The van der Waals surface area contributed by atoms with Crippen molar-refractivity contribution in [3.05, 3.63) is 28.2 Å². The zero-order chi connectivity index (χ0) is 14.6. The molecular formula is C14H20BrNO3. The molecule has 1 aromatic carbocycles. The maximum absolute atomic E-state index is 11.6. The average molecular weight is 330 g/mol. The van der Waals surface area contributed by atoms with E-state index in [9.17, 15) is 4.79 Å². The van der Waals surface area contributed by atoms with E-state index in [4.69, 9.17) is 15.2 Å². The molecule has 0 saturated carbocycles. The van der Waals surface area contributed by atoms with Gasteiger partial charge in [-0.3, -0.25) is 4.79 Å². The van der Waals surface area contributed by atoms with Gasteiger partial charge in [-0.2, -0.15) is 0 Å². The topological polar surface area (TPSA) is 61.5 Å². The number of halogens is 1. The van der Waals surface area contributed by atoms with Crippen LogP contribution in [0.4, 0.5) is 0 Å². The predicted molar refractivity (Wildman–Crippen MR) is 78.0 cm³/mol. The van der Waals surface area contributed by atoms with Crippen molar-refractivity contribution >= 4 is 21.9 Å². The van der Waals surface area contributed by atoms with Crippen molar-refractivity contribution in [1.82, 2.24) is 0 Å². The van der Waals surface area contributed by atoms with Gasteiger partial charge in [-0.15, -0.1) is 0 Å². The number of hydrogen-bond acceptors (Lipinski definition) is 4. The molecule has 0 aromatic heterocycles. The Morgan fingerprint density at radius 3 is 2.63 bits per heavy atom. The number of rotatable bonds is 5. The largest absolute Gasteiger partial charge is 0.492 e. The van der Waals surface area contributed by atoms with Gasteiger partial charge in [0.25, 0.3) is 0 Å². The summed E-state index contributed by atoms with van der Waals surface area (Å²) in [7, 11) is 1.37. The molecule has 19 heavy (non-hydrogen) atoms. The summed E-state index contributed by atoms with van der Waals surface area (Å²) >= 11 is 3.40. The van der Waals surface area contributed by atoms with Crippen molar-refractivity contribution in [3.63, 3.8) is 0 Å². The summed E-state index contributed by atoms with van der Waals surface area (Å²) in [6.07, 6.45) is 0. The van der Waals surface area contributed by atoms with Crippen molar-refractivity contribution in [3.8, 4) is 5.75 Å². The average Bonchev–Trinajstić information content (AvgIpc) is 2.35. The minimum atomic E-state index is -0.702. The van der Waals surface area contributed by atoms with Crippen LogP contribution < -0.4 is 10.5 Å². The van der Waals surface area contributed by atoms with Crippen LogP contribution in [0, 0.1) is 5.41 Å². The van der Waals surface area contributed by atoms with E-state index in [0.717, 1.165) is 10.0 Å². The highest BCUT2D eigenvalue weighted by Gasteiger charge is 2.30. The molecule has 0 fully saturated rings. The first kappa shape index (κ1) is 16.0. The Morgan fingerprint density at radius 2 is 2.11 bits per heavy atom. The fraction of sp³-hybridized carbons (Fsp3) is 0.500. The monoisotopic (exact) mass is 329 g/mol. The standard InChI is InChI=1S/C14H20BrNO3/c1-9(16)11-6-5-10(15)7-12(11)19-8-14(2,3)13(17)18-4/h5-7,9H,8,16H2,1-4H3/t9-/m1/s1. The van der Waals surface area contributed by atoms with Gasteiger partial charge in [-0.25, -0.2) is 0 Å². The summed E-state index contributed by atoms with van der Waals surface area (Å²) in [5.74, 6) is 0.381. The van der Waals surface area contributed by atoms with E-state index in [2.05, 4.69) is 15.9 Å². The molecule has 2 N–H and O–H groups in total. The van der Waals surface area contributed by atoms with E-state index < -0.39 is 5.41 Å². The maximum Gasteiger partial charge on any atom is 0.314 e. The highest BCUT2D eigenvalue weighted by molar-refractivity contribution is 9.10. The van der Waals surface area contributed by atoms with Crippen LogP contribution in [0.25, 0.3) is 0 Å². The molecular weight excluding hydrogens is 310 g/mol. The third-order valence-electron chi connectivity index (χ3n) is 2.79. The Balaban J connectivity index is 2.88. The molecule has 0 aliphatic heterocycles. The first-order valence-electron chi connectivity index (χ1n) is 6.04. The lowest BCUT2D eigenvalue weighted by atomic mass is 9.95. The van der Waals surface area contributed by atoms with Gasteiger partial charge in [-0.05, 0) is 32.9 Å². The molecule has 0 spiro atoms. The Morgan fingerprint density at radius 1 is 1.47 bits per heavy atom. The highest BCUT2D eigenvalue weighted by atomic mass is 79.9. The van der Waals surface area contributed by atoms with E-state index in [1.54, 1.807) is 13.8 Å². The third kappa shape index (κ3) is 4.21. The van der Waals surface area contributed by atoms with E-state index >= 15 is 0 Å². The maximum atomic E-state index is 11.6. The van der Waals surface area contributed by atoms with E-state index in [0.29, 0.717) is 5.75 Å². The molecule has 0 radical (unpaired) electrons. The lowest BCUT2D eigenvalue weighted by Crippen LogP contribution is -2.32. The molecule has 0 heterocycles. The summed E-state index contributed by atoms with van der Waals surface area (Å²) < 4.78 is 11.4. The second kappa shape index (κ2) is 6.39. The molecule has 106 valence electrons. The Kier molecular flexibility index (Phi) is 5.38. The molecule has 4 nitrogen and oxygen atoms in total. The fourth-order valence-electron chi connectivity index (χ4n) is 1.60. The van der Waals surface area contributed by atoms with Gasteiger partial charge in [0.1, 0.15) is 12.4 Å². The number of nitrogens with two attached hydrogens (primary N) is 1. The first-order valence-corrected chi connectivity index (χ1v) is 6.83. The van der Waals surface area contributed by atoms with Crippen LogP contribution in [0.15, 0.2) is 22.7 Å². The molecule has 1 aromatic rings. The molecule has 0 aliphatic carbocycles. The van der Waals surface area contributed by atoms with E-state index in [-0.39, 0.29) is 18.6 Å². The first-order chi connectivity index (χ1) is 8.77. The summed E-state index contributed by atoms with van der Waals surface area (Å²) in [5.41, 5.74) is 6.11. The SMILES string of the molecule is COC(=O)C(C)(C)COc1cc(Br)ccc1[C@@H](C)N. The van der Waals surface area contributed by atoms with Crippen molar-refractivity contribution in [2.24, 2.45) is 11.1 Å². The van der Waals surface area contributed by atoms with Crippen LogP contribution >= 0.6 is 15.9 Å². The van der Waals surface area contributed by atoms with Gasteiger partial charge in [0, 0.05) is 16.1 Å². The number of esters is 1. The molecule has 0 unspecified atom stereocenters. The Bertz CT molecular complexity index is 458. The second-order valence-corrected chi connectivity index (χ2v) is 6.05. The van der Waals surface area contributed by atoms with Gasteiger partial charge in [0.15, 0.2) is 0 Å². The fourth-order valence-corrected chi connectivity index (χ4v) is 1.94. The summed E-state index contributed by atoms with van der Waals surface area (Å²) in [4.78, 5) is 11.6. The number of ether oxygens (including phenoxy) is 2. The number of carbonyl (C=O) groups excluding carboxylic acids is 1. The Hall–Kier alpha value is -1.07. The van der Waals surface area contributed by atoms with Gasteiger partial charge < -0.3 is 15.2 Å². The molecule has 0 amide bonds. The van der Waals surface area contributed by atoms with Crippen LogP contribution in [0.5, 0.6) is 5.75 Å². The Labute approximate surface area is 122 Å². The van der Waals surface area contributed by atoms with Crippen molar-refractivity contribution < 1.29 is 14.3 Å². The lowest BCUT2D eigenvalue weighted by Gasteiger charge is -2.23. The van der Waals surface area contributed by atoms with Crippen LogP contribution in [0.3, 0.4) is 0 Å². The van der Waals surface area contributed by atoms with E-state index in [1.165, 1.54) is 7.11 Å². The summed E-state index contributed by atoms with van der Waals surface area (Å²) in [6.45, 7) is 5.68. The van der Waals surface area contributed by atoms with Gasteiger partial charge in [0.05, 0.1) is 12.5 Å². The molecule has 0 aliphatic rings.